The van der Waals surface area contributed by atoms with Gasteiger partial charge in [0.25, 0.3) is 5.52 Å². The van der Waals surface area contributed by atoms with Crippen LogP contribution in [-0.4, -0.2) is 20.7 Å². The summed E-state index contributed by atoms with van der Waals surface area (Å²) in [5.74, 6) is 0. The maximum atomic E-state index is 5.66. The lowest BCUT2D eigenvalue weighted by atomic mass is 10.1. The molecule has 0 N–H and O–H groups in total. The Morgan fingerprint density at radius 3 is 2.42 bits per heavy atom. The minimum atomic E-state index is 0.641. The molecule has 0 saturated carbocycles. The van der Waals surface area contributed by atoms with Crippen LogP contribution in [0.15, 0.2) is 60.8 Å². The fourth-order valence-electron chi connectivity index (χ4n) is 2.69. The second-order valence-corrected chi connectivity index (χ2v) is 5.85. The molecule has 0 atom stereocenters. The lowest BCUT2D eigenvalue weighted by Gasteiger charge is -2.11. The average Bonchev–Trinajstić information content (AvgIpc) is 2.61. The number of hydrogen-bond acceptors (Lipinski definition) is 2. The summed E-state index contributed by atoms with van der Waals surface area (Å²) in [4.78, 5) is 7.76. The Kier molecular flexibility index (Phi) is 4.80. The van der Waals surface area contributed by atoms with Gasteiger partial charge in [0.15, 0.2) is 6.61 Å². The topological polar surface area (TPSA) is 16.4 Å². The average molecular weight is 319 g/mol. The van der Waals surface area contributed by atoms with Gasteiger partial charge >= 0.3 is 0 Å². The Labute approximate surface area is 143 Å². The molecular weight excluding hydrogens is 296 g/mol. The summed E-state index contributed by atoms with van der Waals surface area (Å²) in [6, 6.07) is 18.9. The third-order valence-electron chi connectivity index (χ3n) is 3.97. The number of para-hydroxylation sites is 1. The Morgan fingerprint density at radius 2 is 1.71 bits per heavy atom. The van der Waals surface area contributed by atoms with Crippen LogP contribution in [0.5, 0.6) is 0 Å². The number of fused-ring (bicyclic) bond motifs is 1. The molecule has 3 heteroatoms. The summed E-state index contributed by atoms with van der Waals surface area (Å²) < 4.78 is 1.83. The minimum Gasteiger partial charge on any atom is -0.378 e. The van der Waals surface area contributed by atoms with E-state index in [9.17, 15) is 0 Å². The smallest absolute Gasteiger partial charge is 0.265 e. The molecule has 0 fully saturated rings. The van der Waals surface area contributed by atoms with Crippen molar-refractivity contribution in [3.05, 3.63) is 71.9 Å². The molecule has 0 aliphatic carbocycles. The second kappa shape index (κ2) is 7.18. The monoisotopic (exact) mass is 319 g/mol. The summed E-state index contributed by atoms with van der Waals surface area (Å²) in [7, 11) is 4.10. The number of hydrogen-bond donors (Lipinski definition) is 0. The predicted molar refractivity (Wildman–Crippen MR) is 101 cm³/mol. The van der Waals surface area contributed by atoms with E-state index in [0.717, 1.165) is 5.52 Å². The van der Waals surface area contributed by atoms with Crippen LogP contribution in [-0.2, 0) is 0 Å². The Hall–Kier alpha value is -2.81. The van der Waals surface area contributed by atoms with E-state index < -0.39 is 0 Å². The van der Waals surface area contributed by atoms with Crippen molar-refractivity contribution in [1.29, 1.82) is 0 Å². The van der Waals surface area contributed by atoms with Gasteiger partial charge in [-0.15, -0.1) is 0 Å². The Bertz CT molecular complexity index is 851. The quantitative estimate of drug-likeness (QED) is 0.665. The molecule has 3 aromatic rings. The van der Waals surface area contributed by atoms with Crippen molar-refractivity contribution in [2.24, 2.45) is 0 Å². The molecule has 0 aliphatic heterocycles. The van der Waals surface area contributed by atoms with Gasteiger partial charge in [0.2, 0.25) is 6.20 Å². The predicted octanol–water partition coefficient (Wildman–Crippen LogP) is 3.81. The molecule has 24 heavy (non-hydrogen) atoms. The summed E-state index contributed by atoms with van der Waals surface area (Å²) >= 11 is 0. The molecule has 2 aromatic carbocycles. The van der Waals surface area contributed by atoms with E-state index in [-0.39, 0.29) is 0 Å². The second-order valence-electron chi connectivity index (χ2n) is 5.85. The van der Waals surface area contributed by atoms with Crippen molar-refractivity contribution in [2.45, 2.75) is 6.92 Å². The van der Waals surface area contributed by atoms with Gasteiger partial charge in [-0.2, -0.15) is 0 Å². The number of anilines is 1. The largest absolute Gasteiger partial charge is 0.378 e. The Balaban J connectivity index is 1.93. The van der Waals surface area contributed by atoms with Gasteiger partial charge in [-0.1, -0.05) is 36.4 Å². The van der Waals surface area contributed by atoms with E-state index in [2.05, 4.69) is 79.7 Å². The zero-order valence-corrected chi connectivity index (χ0v) is 14.4. The zero-order chi connectivity index (χ0) is 16.9. The first kappa shape index (κ1) is 16.1. The van der Waals surface area contributed by atoms with Crippen molar-refractivity contribution < 1.29 is 9.57 Å². The first-order valence-corrected chi connectivity index (χ1v) is 8.21. The van der Waals surface area contributed by atoms with E-state index in [4.69, 9.17) is 4.84 Å². The maximum Gasteiger partial charge on any atom is 0.265 e. The molecule has 0 unspecified atom stereocenters. The minimum absolute atomic E-state index is 0.641. The van der Waals surface area contributed by atoms with E-state index in [1.165, 1.54) is 22.2 Å². The molecule has 3 rings (SSSR count). The van der Waals surface area contributed by atoms with Crippen LogP contribution >= 0.6 is 0 Å². The van der Waals surface area contributed by atoms with Crippen molar-refractivity contribution in [3.8, 4) is 0 Å². The third-order valence-corrected chi connectivity index (χ3v) is 3.97. The SMILES string of the molecule is CCO[n+]1ccc(C=Cc2ccc(N(C)C)cc2)c2ccccc21. The summed E-state index contributed by atoms with van der Waals surface area (Å²) in [5.41, 5.74) is 4.64. The summed E-state index contributed by atoms with van der Waals surface area (Å²) in [5, 5.41) is 1.18. The highest BCUT2D eigenvalue weighted by Gasteiger charge is 2.11. The fraction of sp³-hybridized carbons (Fsp3) is 0.190. The van der Waals surface area contributed by atoms with Gasteiger partial charge in [0, 0.05) is 36.6 Å². The van der Waals surface area contributed by atoms with Crippen LogP contribution in [0, 0.1) is 0 Å². The van der Waals surface area contributed by atoms with Gasteiger partial charge in [-0.05, 0) is 36.2 Å². The molecule has 0 bridgehead atoms. The fourth-order valence-corrected chi connectivity index (χ4v) is 2.69. The lowest BCUT2D eigenvalue weighted by molar-refractivity contribution is -0.870. The molecule has 0 saturated heterocycles. The molecule has 0 spiro atoms. The van der Waals surface area contributed by atoms with Crippen LogP contribution in [0.3, 0.4) is 0 Å². The van der Waals surface area contributed by atoms with Crippen molar-refractivity contribution in [3.63, 3.8) is 0 Å². The Morgan fingerprint density at radius 1 is 0.958 bits per heavy atom. The zero-order valence-electron chi connectivity index (χ0n) is 14.4. The van der Waals surface area contributed by atoms with Crippen LogP contribution in [0.25, 0.3) is 23.1 Å². The van der Waals surface area contributed by atoms with Gasteiger partial charge in [0.05, 0.1) is 5.39 Å². The van der Waals surface area contributed by atoms with Gasteiger partial charge in [-0.3, -0.25) is 4.84 Å². The molecule has 0 amide bonds. The molecule has 3 nitrogen and oxygen atoms in total. The van der Waals surface area contributed by atoms with Crippen LogP contribution < -0.4 is 14.5 Å². The van der Waals surface area contributed by atoms with Crippen LogP contribution in [0.4, 0.5) is 5.69 Å². The number of pyridine rings is 1. The van der Waals surface area contributed by atoms with E-state index in [1.807, 2.05) is 23.9 Å². The van der Waals surface area contributed by atoms with E-state index in [1.54, 1.807) is 0 Å². The van der Waals surface area contributed by atoms with Crippen molar-refractivity contribution in [2.75, 3.05) is 25.6 Å². The van der Waals surface area contributed by atoms with Gasteiger partial charge < -0.3 is 4.90 Å². The molecule has 0 aliphatic rings. The van der Waals surface area contributed by atoms with Gasteiger partial charge in [0.1, 0.15) is 0 Å². The van der Waals surface area contributed by atoms with Crippen molar-refractivity contribution >= 4 is 28.7 Å². The van der Waals surface area contributed by atoms with E-state index >= 15 is 0 Å². The first-order valence-electron chi connectivity index (χ1n) is 8.21. The summed E-state index contributed by atoms with van der Waals surface area (Å²) in [6.45, 7) is 2.63. The highest BCUT2D eigenvalue weighted by Crippen LogP contribution is 2.19. The van der Waals surface area contributed by atoms with Crippen LogP contribution in [0.2, 0.25) is 0 Å². The van der Waals surface area contributed by atoms with Crippen LogP contribution in [0.1, 0.15) is 18.1 Å². The van der Waals surface area contributed by atoms with Gasteiger partial charge in [-0.25, -0.2) is 0 Å². The van der Waals surface area contributed by atoms with E-state index in [0.29, 0.717) is 6.61 Å². The third kappa shape index (κ3) is 3.40. The summed E-state index contributed by atoms with van der Waals surface area (Å²) in [6.07, 6.45) is 6.27. The highest BCUT2D eigenvalue weighted by molar-refractivity contribution is 5.88. The molecular formula is C21H23N2O+. The van der Waals surface area contributed by atoms with Crippen molar-refractivity contribution in [1.82, 2.24) is 0 Å². The number of benzene rings is 2. The molecule has 122 valence electrons. The number of rotatable bonds is 5. The number of nitrogens with zero attached hydrogens (tertiary/aromatic N) is 2. The first-order chi connectivity index (χ1) is 11.7. The lowest BCUT2D eigenvalue weighted by Crippen LogP contribution is -2.42. The highest BCUT2D eigenvalue weighted by atomic mass is 16.7. The normalized spacial score (nSPS) is 11.1. The molecule has 1 aromatic heterocycles. The molecule has 0 radical (unpaired) electrons. The molecule has 1 heterocycles. The number of aromatic nitrogens is 1. The maximum absolute atomic E-state index is 5.66. The standard InChI is InChI=1S/C21H23N2O/c1-4-24-23-16-15-18(20-7-5-6-8-21(20)23)12-9-17-10-13-19(14-11-17)22(2)3/h5-16H,4H2,1-3H3/q+1.